The van der Waals surface area contributed by atoms with Crippen molar-refractivity contribution in [3.63, 3.8) is 0 Å². The van der Waals surface area contributed by atoms with Crippen molar-refractivity contribution in [1.82, 2.24) is 5.32 Å². The van der Waals surface area contributed by atoms with E-state index in [1.807, 2.05) is 0 Å². The molecule has 0 saturated heterocycles. The van der Waals surface area contributed by atoms with Crippen molar-refractivity contribution in [2.75, 3.05) is 0 Å². The third-order valence-electron chi connectivity index (χ3n) is 3.63. The molecular weight excluding hydrogens is 295 g/mol. The van der Waals surface area contributed by atoms with Crippen LogP contribution in [-0.2, 0) is 16.7 Å². The fraction of sp³-hybridized carbons (Fsp3) is 0.562. The fourth-order valence-electron chi connectivity index (χ4n) is 2.29. The maximum atomic E-state index is 13.0. The normalized spacial score (nSPS) is 17.0. The van der Waals surface area contributed by atoms with Gasteiger partial charge in [-0.15, -0.1) is 0 Å². The number of hydrogen-bond donors (Lipinski definition) is 1. The average Bonchev–Trinajstić information content (AvgIpc) is 3.15. The van der Waals surface area contributed by atoms with Crippen LogP contribution in [0.25, 0.3) is 0 Å². The highest BCUT2D eigenvalue weighted by molar-refractivity contribution is 5.67. The van der Waals surface area contributed by atoms with E-state index in [9.17, 15) is 18.0 Å². The van der Waals surface area contributed by atoms with E-state index < -0.39 is 23.3 Å². The van der Waals surface area contributed by atoms with Gasteiger partial charge in [0.05, 0.1) is 5.41 Å². The van der Waals surface area contributed by atoms with Gasteiger partial charge in [-0.3, -0.25) is 0 Å². The predicted octanol–water partition coefficient (Wildman–Crippen LogP) is 4.31. The first kappa shape index (κ1) is 16.6. The van der Waals surface area contributed by atoms with Crippen LogP contribution in [0.2, 0.25) is 0 Å². The lowest BCUT2D eigenvalue weighted by Gasteiger charge is -2.20. The summed E-state index contributed by atoms with van der Waals surface area (Å²) in [6, 6.07) is 6.20. The predicted molar refractivity (Wildman–Crippen MR) is 76.5 cm³/mol. The van der Waals surface area contributed by atoms with Gasteiger partial charge in [0.25, 0.3) is 0 Å². The summed E-state index contributed by atoms with van der Waals surface area (Å²) in [6.07, 6.45) is -4.47. The number of ether oxygens (including phenoxy) is 1. The summed E-state index contributed by atoms with van der Waals surface area (Å²) < 4.78 is 44.2. The molecule has 1 fully saturated rings. The minimum atomic E-state index is -4.21. The topological polar surface area (TPSA) is 38.3 Å². The first-order valence-corrected chi connectivity index (χ1v) is 7.16. The molecule has 0 aliphatic heterocycles. The summed E-state index contributed by atoms with van der Waals surface area (Å²) in [6.45, 7) is 5.49. The van der Waals surface area contributed by atoms with Crippen molar-refractivity contribution >= 4 is 6.09 Å². The van der Waals surface area contributed by atoms with E-state index >= 15 is 0 Å². The zero-order valence-corrected chi connectivity index (χ0v) is 12.9. The van der Waals surface area contributed by atoms with Gasteiger partial charge in [-0.25, -0.2) is 4.79 Å². The monoisotopic (exact) mass is 315 g/mol. The lowest BCUT2D eigenvalue weighted by atomic mass is 9.94. The molecule has 1 aliphatic rings. The summed E-state index contributed by atoms with van der Waals surface area (Å²) in [4.78, 5) is 11.5. The maximum absolute atomic E-state index is 13.0. The molecule has 0 unspecified atom stereocenters. The first-order valence-electron chi connectivity index (χ1n) is 7.16. The Balaban J connectivity index is 1.95. The molecule has 1 N–H and O–H groups in total. The zero-order chi connectivity index (χ0) is 16.6. The second kappa shape index (κ2) is 5.48. The third kappa shape index (κ3) is 3.72. The summed E-state index contributed by atoms with van der Waals surface area (Å²) in [5.74, 6) is 0. The Kier molecular flexibility index (Phi) is 4.15. The van der Waals surface area contributed by atoms with Crippen LogP contribution in [0.3, 0.4) is 0 Å². The molecule has 0 spiro atoms. The summed E-state index contributed by atoms with van der Waals surface area (Å²) >= 11 is 0. The molecule has 0 heterocycles. The molecule has 1 amide bonds. The van der Waals surface area contributed by atoms with E-state index in [1.165, 1.54) is 12.1 Å². The van der Waals surface area contributed by atoms with Gasteiger partial charge in [0.1, 0.15) is 5.60 Å². The number of rotatable bonds is 3. The minimum absolute atomic E-state index is 0.145. The largest absolute Gasteiger partial charge is 0.444 e. The molecule has 1 saturated carbocycles. The number of hydrogen-bond acceptors (Lipinski definition) is 2. The van der Waals surface area contributed by atoms with E-state index in [0.717, 1.165) is 5.56 Å². The second-order valence-electron chi connectivity index (χ2n) is 6.63. The second-order valence-corrected chi connectivity index (χ2v) is 6.63. The average molecular weight is 315 g/mol. The smallest absolute Gasteiger partial charge is 0.407 e. The van der Waals surface area contributed by atoms with Crippen LogP contribution in [0.1, 0.15) is 44.7 Å². The molecule has 22 heavy (non-hydrogen) atoms. The molecule has 122 valence electrons. The molecule has 0 aromatic heterocycles. The third-order valence-corrected chi connectivity index (χ3v) is 3.63. The van der Waals surface area contributed by atoms with E-state index in [1.54, 1.807) is 32.9 Å². The van der Waals surface area contributed by atoms with Gasteiger partial charge in [-0.1, -0.05) is 24.3 Å². The number of nitrogens with one attached hydrogen (secondary N) is 1. The van der Waals surface area contributed by atoms with Crippen molar-refractivity contribution < 1.29 is 22.7 Å². The van der Waals surface area contributed by atoms with Crippen molar-refractivity contribution in [2.24, 2.45) is 0 Å². The van der Waals surface area contributed by atoms with E-state index in [2.05, 4.69) is 5.32 Å². The molecular formula is C16H20F3NO2. The molecule has 0 bridgehead atoms. The van der Waals surface area contributed by atoms with Gasteiger partial charge >= 0.3 is 12.3 Å². The molecule has 1 aromatic carbocycles. The SMILES string of the molecule is CC(C)(C)OC(=O)NCc1ccc(C2(C(F)(F)F)CC2)cc1. The quantitative estimate of drug-likeness (QED) is 0.903. The van der Waals surface area contributed by atoms with Crippen LogP contribution in [0.15, 0.2) is 24.3 Å². The van der Waals surface area contributed by atoms with Crippen molar-refractivity contribution in [2.45, 2.75) is 57.3 Å². The van der Waals surface area contributed by atoms with Gasteiger partial charge < -0.3 is 10.1 Å². The van der Waals surface area contributed by atoms with Crippen LogP contribution < -0.4 is 5.32 Å². The molecule has 1 aliphatic carbocycles. The fourth-order valence-corrected chi connectivity index (χ4v) is 2.29. The van der Waals surface area contributed by atoms with Gasteiger partial charge in [-0.05, 0) is 44.7 Å². The highest BCUT2D eigenvalue weighted by Gasteiger charge is 2.64. The number of carbonyl (C=O) groups is 1. The molecule has 6 heteroatoms. The Morgan fingerprint density at radius 2 is 1.73 bits per heavy atom. The molecule has 0 atom stereocenters. The molecule has 0 radical (unpaired) electrons. The van der Waals surface area contributed by atoms with Crippen molar-refractivity contribution in [1.29, 1.82) is 0 Å². The number of alkyl halides is 3. The zero-order valence-electron chi connectivity index (χ0n) is 12.9. The number of benzene rings is 1. The van der Waals surface area contributed by atoms with Crippen molar-refractivity contribution in [3.8, 4) is 0 Å². The van der Waals surface area contributed by atoms with E-state index in [0.29, 0.717) is 5.56 Å². The summed E-state index contributed by atoms with van der Waals surface area (Å²) in [7, 11) is 0. The van der Waals surface area contributed by atoms with Crippen LogP contribution in [0.5, 0.6) is 0 Å². The van der Waals surface area contributed by atoms with Crippen LogP contribution in [-0.4, -0.2) is 17.9 Å². The van der Waals surface area contributed by atoms with E-state index in [4.69, 9.17) is 4.74 Å². The Bertz CT molecular complexity index is 540. The van der Waals surface area contributed by atoms with Gasteiger partial charge in [0.2, 0.25) is 0 Å². The summed E-state index contributed by atoms with van der Waals surface area (Å²) in [5.41, 5.74) is -1.23. The standard InChI is InChI=1S/C16H20F3NO2/c1-14(2,3)22-13(21)20-10-11-4-6-12(7-5-11)15(8-9-15)16(17,18)19/h4-7H,8-10H2,1-3H3,(H,20,21). The molecule has 1 aromatic rings. The number of amides is 1. The van der Waals surface area contributed by atoms with Crippen LogP contribution in [0.4, 0.5) is 18.0 Å². The van der Waals surface area contributed by atoms with Gasteiger partial charge in [0.15, 0.2) is 0 Å². The van der Waals surface area contributed by atoms with Crippen molar-refractivity contribution in [3.05, 3.63) is 35.4 Å². The molecule has 2 rings (SSSR count). The highest BCUT2D eigenvalue weighted by atomic mass is 19.4. The Morgan fingerprint density at radius 1 is 1.18 bits per heavy atom. The van der Waals surface area contributed by atoms with Crippen LogP contribution in [0, 0.1) is 0 Å². The Hall–Kier alpha value is -1.72. The molecule has 3 nitrogen and oxygen atoms in total. The van der Waals surface area contributed by atoms with Gasteiger partial charge in [-0.2, -0.15) is 13.2 Å². The Labute approximate surface area is 127 Å². The van der Waals surface area contributed by atoms with Gasteiger partial charge in [0, 0.05) is 6.54 Å². The van der Waals surface area contributed by atoms with E-state index in [-0.39, 0.29) is 19.4 Å². The number of alkyl carbamates (subject to hydrolysis) is 1. The number of halogens is 3. The summed E-state index contributed by atoms with van der Waals surface area (Å²) in [5, 5.41) is 2.58. The minimum Gasteiger partial charge on any atom is -0.444 e. The lowest BCUT2D eigenvalue weighted by molar-refractivity contribution is -0.160. The lowest BCUT2D eigenvalue weighted by Crippen LogP contribution is -2.32. The Morgan fingerprint density at radius 3 is 2.14 bits per heavy atom. The number of carbonyl (C=O) groups excluding carboxylic acids is 1. The first-order chi connectivity index (χ1) is 10.0. The van der Waals surface area contributed by atoms with Crippen LogP contribution >= 0.6 is 0 Å². The highest BCUT2D eigenvalue weighted by Crippen LogP contribution is 2.58. The maximum Gasteiger partial charge on any atom is 0.407 e.